The van der Waals surface area contributed by atoms with Crippen molar-refractivity contribution in [2.24, 2.45) is 0 Å². The van der Waals surface area contributed by atoms with E-state index in [4.69, 9.17) is 0 Å². The van der Waals surface area contributed by atoms with Gasteiger partial charge in [-0.1, -0.05) is 74.7 Å². The van der Waals surface area contributed by atoms with Gasteiger partial charge in [0.2, 0.25) is 0 Å². The number of hydrogen-bond acceptors (Lipinski definition) is 0. The van der Waals surface area contributed by atoms with Crippen molar-refractivity contribution >= 4 is 48.6 Å². The van der Waals surface area contributed by atoms with E-state index in [1.807, 2.05) is 32.9 Å². The molecule has 0 fully saturated rings. The molecule has 2 aliphatic carbocycles. The van der Waals surface area contributed by atoms with Crippen LogP contribution in [0, 0.1) is 27.0 Å². The third kappa shape index (κ3) is 9.62. The van der Waals surface area contributed by atoms with Gasteiger partial charge in [-0.05, 0) is 14.5 Å². The summed E-state index contributed by atoms with van der Waals surface area (Å²) in [4.78, 5) is 0. The Kier molecular flexibility index (Phi) is 17.9. The fraction of sp³-hybridized carbons (Fsp3) is 0.308. The Morgan fingerprint density at radius 1 is 0.875 bits per heavy atom. The molecule has 0 nitrogen and oxygen atoms in total. The van der Waals surface area contributed by atoms with E-state index in [0.29, 0.717) is 5.54 Å². The van der Waals surface area contributed by atoms with Gasteiger partial charge in [-0.2, -0.15) is 35.9 Å². The van der Waals surface area contributed by atoms with E-state index in [9.17, 15) is 0 Å². The van der Waals surface area contributed by atoms with Crippen LogP contribution < -0.4 is 0 Å². The van der Waals surface area contributed by atoms with Gasteiger partial charge in [0, 0.05) is 8.07 Å². The normalized spacial score (nSPS) is 14.7. The van der Waals surface area contributed by atoms with Gasteiger partial charge in [0.25, 0.3) is 0 Å². The van der Waals surface area contributed by atoms with E-state index in [1.54, 1.807) is 5.20 Å². The third-order valence-corrected chi connectivity index (χ3v) is 9.42. The van der Waals surface area contributed by atoms with Crippen LogP contribution in [0.5, 0.6) is 0 Å². The summed E-state index contributed by atoms with van der Waals surface area (Å²) < 4.78 is 0. The van der Waals surface area contributed by atoms with Crippen LogP contribution in [-0.4, -0.2) is 23.8 Å². The maximum atomic E-state index is 3.53. The molecular weight excluding hydrogens is 515 g/mol. The molecule has 1 unspecified atom stereocenters. The first-order chi connectivity index (χ1) is 13.2. The zero-order valence-corrected chi connectivity index (χ0v) is 27.6. The molecule has 32 heavy (non-hydrogen) atoms. The fourth-order valence-corrected chi connectivity index (χ4v) is 6.03. The Balaban J connectivity index is -0.000000437. The zero-order valence-electron chi connectivity index (χ0n) is 21.0. The van der Waals surface area contributed by atoms with Gasteiger partial charge < -0.3 is 14.9 Å². The Morgan fingerprint density at radius 2 is 1.44 bits per heavy atom. The minimum Gasteiger partial charge on any atom is -0.179 e. The number of benzene rings is 2. The molecule has 6 heteroatoms. The topological polar surface area (TPSA) is 0 Å². The van der Waals surface area contributed by atoms with Crippen LogP contribution in [0.1, 0.15) is 11.1 Å². The first kappa shape index (κ1) is 36.4. The van der Waals surface area contributed by atoms with Crippen molar-refractivity contribution in [1.29, 1.82) is 0 Å². The van der Waals surface area contributed by atoms with Crippen LogP contribution in [0.4, 0.5) is 0 Å². The number of halogens is 2. The molecule has 0 heterocycles. The average molecular weight is 556 g/mol. The van der Waals surface area contributed by atoms with Crippen molar-refractivity contribution < 1.29 is 19.2 Å². The Labute approximate surface area is 226 Å². The second-order valence-corrected chi connectivity index (χ2v) is 19.9. The van der Waals surface area contributed by atoms with Crippen molar-refractivity contribution in [3.05, 3.63) is 97.9 Å². The number of rotatable bonds is 2. The Bertz CT molecular complexity index is 838. The fourth-order valence-electron chi connectivity index (χ4n) is 3.42. The van der Waals surface area contributed by atoms with Crippen molar-refractivity contribution in [2.75, 3.05) is 0 Å². The van der Waals surface area contributed by atoms with Gasteiger partial charge >= 0.3 is 26.8 Å². The van der Waals surface area contributed by atoms with Crippen LogP contribution in [0.25, 0.3) is 11.1 Å². The maximum Gasteiger partial charge on any atom is -0.0253 e. The quantitative estimate of drug-likeness (QED) is 0.224. The Hall–Kier alpha value is -0.135. The van der Waals surface area contributed by atoms with E-state index in [0.717, 1.165) is 6.42 Å². The van der Waals surface area contributed by atoms with E-state index in [-0.39, 0.29) is 39.7 Å². The standard InChI is InChI=1S/C13H9.C11H21Si2.2CH3.2ClH.H2Si.Ti/c1-3-7-12-10(5-1)9-11-6-2-4-8-13(11)12;1-12(2,3)10-7-8-11(9-10)13(4,5)6;;;;;;/h1-5,7-8H,9H2;7,9,11H,1-6H3;2*1H3;2*1H;1H2;/q4*-1;;;;. The zero-order chi connectivity index (χ0) is 20.9. The van der Waals surface area contributed by atoms with Crippen LogP contribution in [0.3, 0.4) is 0 Å². The van der Waals surface area contributed by atoms with Gasteiger partial charge in [0.05, 0.1) is 0 Å². The summed E-state index contributed by atoms with van der Waals surface area (Å²) in [6.45, 7) is 14.5. The first-order valence-electron chi connectivity index (χ1n) is 9.91. The van der Waals surface area contributed by atoms with Crippen LogP contribution in [0.15, 0.2) is 59.8 Å². The van der Waals surface area contributed by atoms with Crippen molar-refractivity contribution in [3.8, 4) is 11.1 Å². The number of allylic oxidation sites excluding steroid dienone is 4. The largest absolute Gasteiger partial charge is 0.179 e. The summed E-state index contributed by atoms with van der Waals surface area (Å²) in [5.74, 6) is 0. The molecule has 0 spiro atoms. The van der Waals surface area contributed by atoms with E-state index < -0.39 is 16.1 Å². The van der Waals surface area contributed by atoms with Crippen LogP contribution >= 0.6 is 24.8 Å². The second-order valence-electron chi connectivity index (χ2n) is 9.42. The van der Waals surface area contributed by atoms with E-state index in [1.165, 1.54) is 22.3 Å². The van der Waals surface area contributed by atoms with Gasteiger partial charge in [-0.15, -0.1) is 35.9 Å². The summed E-state index contributed by atoms with van der Waals surface area (Å²) in [6, 6.07) is 18.1. The summed E-state index contributed by atoms with van der Waals surface area (Å²) in [5, 5.41) is 1.60. The third-order valence-electron chi connectivity index (χ3n) is 5.18. The molecule has 2 aliphatic rings. The van der Waals surface area contributed by atoms with Gasteiger partial charge in [-0.3, -0.25) is 6.08 Å². The molecule has 178 valence electrons. The average Bonchev–Trinajstić information content (AvgIpc) is 3.29. The molecule has 0 aromatic heterocycles. The second kappa shape index (κ2) is 15.7. The minimum atomic E-state index is -1.08. The van der Waals surface area contributed by atoms with Gasteiger partial charge in [0.1, 0.15) is 0 Å². The van der Waals surface area contributed by atoms with Crippen molar-refractivity contribution in [2.45, 2.75) is 51.2 Å². The smallest absolute Gasteiger partial charge is 0.0253 e. The molecule has 0 saturated heterocycles. The summed E-state index contributed by atoms with van der Waals surface area (Å²) >= 11 is 2.03. The molecular formula is C26H40Cl2Si3Ti-4. The number of hydrogen-bond donors (Lipinski definition) is 0. The molecule has 0 radical (unpaired) electrons. The summed E-state index contributed by atoms with van der Waals surface area (Å²) in [5.41, 5.74) is 6.17. The molecule has 0 saturated carbocycles. The summed E-state index contributed by atoms with van der Waals surface area (Å²) in [7, 11) is -0.260. The molecule has 0 bridgehead atoms. The first-order valence-corrected chi connectivity index (χ1v) is 21.0. The molecule has 4 rings (SSSR count). The monoisotopic (exact) mass is 554 g/mol. The predicted octanol–water partition coefficient (Wildman–Crippen LogP) is 7.76. The van der Waals surface area contributed by atoms with Gasteiger partial charge in [0.15, 0.2) is 0 Å². The van der Waals surface area contributed by atoms with Crippen LogP contribution in [0.2, 0.25) is 44.8 Å². The Morgan fingerprint density at radius 3 is 1.94 bits per heavy atom. The molecule has 2 aromatic carbocycles. The molecule has 0 amide bonds. The molecule has 0 N–H and O–H groups in total. The minimum absolute atomic E-state index is 0. The molecule has 2 aromatic rings. The molecule has 0 aliphatic heterocycles. The molecule has 1 atom stereocenters. The van der Waals surface area contributed by atoms with Gasteiger partial charge in [-0.25, -0.2) is 11.3 Å². The maximum absolute atomic E-state index is 3.53. The number of fused-ring (bicyclic) bond motifs is 3. The summed E-state index contributed by atoms with van der Waals surface area (Å²) in [6.07, 6.45) is 9.32. The van der Waals surface area contributed by atoms with Crippen molar-refractivity contribution in [3.63, 3.8) is 0 Å². The van der Waals surface area contributed by atoms with Crippen molar-refractivity contribution in [1.82, 2.24) is 0 Å². The van der Waals surface area contributed by atoms with Crippen LogP contribution in [-0.2, 0) is 25.6 Å². The SMILES string of the molecule is C[Si](C)(C)C1=CC([Si](C)(C)C)[C-]=C1.Cl.Cl.[CH3-].[CH3-].[SiH2]=[Ti].[c-]1cccc2c1Cc1ccccc1-2. The van der Waals surface area contributed by atoms with E-state index in [2.05, 4.69) is 100.0 Å². The van der Waals surface area contributed by atoms with E-state index >= 15 is 0 Å². The predicted molar refractivity (Wildman–Crippen MR) is 156 cm³/mol.